The molecule has 8 aromatic rings. The van der Waals surface area contributed by atoms with Crippen molar-refractivity contribution in [3.05, 3.63) is 115 Å². The number of rotatable bonds is 16. The fourth-order valence-electron chi connectivity index (χ4n) is 6.50. The Kier molecular flexibility index (Phi) is 13.3. The lowest BCUT2D eigenvalue weighted by Crippen LogP contribution is -2.06. The molecule has 23 nitrogen and oxygen atoms in total. The van der Waals surface area contributed by atoms with Crippen molar-refractivity contribution in [3.63, 3.8) is 0 Å². The molecule has 0 aliphatic heterocycles. The first-order chi connectivity index (χ1) is 31.7. The van der Waals surface area contributed by atoms with Gasteiger partial charge in [0.15, 0.2) is 5.75 Å². The first kappa shape index (κ1) is 45.6. The molecule has 0 unspecified atom stereocenters. The van der Waals surface area contributed by atoms with Crippen LogP contribution < -0.4 is 10.6 Å². The summed E-state index contributed by atoms with van der Waals surface area (Å²) in [5.74, 6) is -1.41. The lowest BCUT2D eigenvalue weighted by atomic mass is 10.0. The van der Waals surface area contributed by atoms with Crippen molar-refractivity contribution in [1.29, 1.82) is 0 Å². The van der Waals surface area contributed by atoms with Crippen LogP contribution in [0.5, 0.6) is 11.8 Å². The Labute approximate surface area is 379 Å². The molecular weight excluding hydrogens is 947 g/mol. The van der Waals surface area contributed by atoms with Gasteiger partial charge >= 0.3 is 6.01 Å². The highest BCUT2D eigenvalue weighted by Crippen LogP contribution is 2.52. The molecule has 1 heterocycles. The second-order valence-electron chi connectivity index (χ2n) is 13.3. The number of anilines is 4. The maximum atomic E-state index is 13.3. The second kappa shape index (κ2) is 19.2. The zero-order valence-electron chi connectivity index (χ0n) is 32.7. The molecule has 0 aliphatic rings. The number of benzene rings is 7. The van der Waals surface area contributed by atoms with E-state index in [9.17, 15) is 36.2 Å². The molecule has 66 heavy (non-hydrogen) atoms. The minimum absolute atomic E-state index is 0.0167. The summed E-state index contributed by atoms with van der Waals surface area (Å²) < 4.78 is 80.1. The zero-order valence-corrected chi connectivity index (χ0v) is 35.9. The summed E-state index contributed by atoms with van der Waals surface area (Å²) >= 11 is 0.755. The average molecular weight is 974 g/mol. The standard InChI is InChI=1S/C39H27N9O14S4/c49-36-32-22(17-30(64-62-60-52)33(36)47-46-29-19-24(63-61-59-51)15-21-16-25(65(53,54)55)13-14-27(21)29)18-31(66(56,57)58)34(48-45-28-12-6-8-20-7-4-5-11-26(20)28)35(32)41-38-42-37(43-39(50)44-38)40-23-9-2-1-3-10-23/h1-19,49,51-52H,(H,53,54,55)(H,56,57,58)(H3,40,41,42,43,44,50)/b47-46+,48-45+. The summed E-state index contributed by atoms with van der Waals surface area (Å²) in [6.45, 7) is 0. The molecule has 0 fully saturated rings. The number of phenolic OH excluding ortho intramolecular Hbond substituents is 1. The van der Waals surface area contributed by atoms with E-state index >= 15 is 0 Å². The Balaban J connectivity index is 1.39. The molecule has 0 bridgehead atoms. The molecular formula is C39H27N9O14S4. The number of aromatic hydroxyl groups is 2. The van der Waals surface area contributed by atoms with Crippen molar-refractivity contribution < 1.29 is 65.4 Å². The highest BCUT2D eigenvalue weighted by atomic mass is 32.2. The van der Waals surface area contributed by atoms with Gasteiger partial charge in [-0.05, 0) is 70.8 Å². The van der Waals surface area contributed by atoms with Crippen LogP contribution in [0.1, 0.15) is 0 Å². The number of para-hydroxylation sites is 1. The van der Waals surface area contributed by atoms with E-state index in [0.29, 0.717) is 23.1 Å². The smallest absolute Gasteiger partial charge is 0.320 e. The SMILES string of the molecule is O=S(=O)(O)c1ccc2c(/N=N/c3c(SOOO)cc4cc(S(=O)(=O)O)c(/N=N/c5cccc6ccccc56)c(Nc5nc(O)nc(Nc6ccccc6)n5)c4c3O)cc(SOOO)cc2c1. The second-order valence-corrected chi connectivity index (χ2v) is 17.6. The van der Waals surface area contributed by atoms with Crippen molar-refractivity contribution in [2.45, 2.75) is 19.6 Å². The van der Waals surface area contributed by atoms with Crippen LogP contribution in [0.4, 0.5) is 46.0 Å². The number of fused-ring (bicyclic) bond motifs is 3. The highest BCUT2D eigenvalue weighted by Gasteiger charge is 2.28. The molecule has 7 aromatic carbocycles. The summed E-state index contributed by atoms with van der Waals surface area (Å²) in [4.78, 5) is 10.8. The third-order valence-electron chi connectivity index (χ3n) is 9.22. The predicted molar refractivity (Wildman–Crippen MR) is 237 cm³/mol. The minimum atomic E-state index is -5.21. The number of azo groups is 2. The third-order valence-corrected chi connectivity index (χ3v) is 12.1. The summed E-state index contributed by atoms with van der Waals surface area (Å²) in [5, 5.41) is 72.6. The Morgan fingerprint density at radius 3 is 1.98 bits per heavy atom. The Morgan fingerprint density at radius 2 is 1.24 bits per heavy atom. The lowest BCUT2D eigenvalue weighted by Gasteiger charge is -2.17. The summed E-state index contributed by atoms with van der Waals surface area (Å²) in [6, 6.07) is 28.5. The van der Waals surface area contributed by atoms with Gasteiger partial charge in [0.05, 0.1) is 56.3 Å². The maximum Gasteiger partial charge on any atom is 0.320 e. The fourth-order valence-corrected chi connectivity index (χ4v) is 8.62. The molecule has 336 valence electrons. The van der Waals surface area contributed by atoms with E-state index in [1.54, 1.807) is 60.7 Å². The van der Waals surface area contributed by atoms with Crippen LogP contribution in [-0.2, 0) is 39.0 Å². The zero-order chi connectivity index (χ0) is 46.6. The summed E-state index contributed by atoms with van der Waals surface area (Å²) in [6.07, 6.45) is 0. The van der Waals surface area contributed by atoms with Crippen LogP contribution in [0, 0.1) is 0 Å². The molecule has 0 saturated heterocycles. The molecule has 0 amide bonds. The number of hydrogen-bond donors (Lipinski definition) is 8. The minimum Gasteiger partial charge on any atom is -0.505 e. The van der Waals surface area contributed by atoms with Gasteiger partial charge < -0.3 is 20.8 Å². The van der Waals surface area contributed by atoms with E-state index in [4.69, 9.17) is 10.5 Å². The molecule has 0 saturated carbocycles. The van der Waals surface area contributed by atoms with E-state index in [1.165, 1.54) is 24.3 Å². The quantitative estimate of drug-likeness (QED) is 0.0147. The highest BCUT2D eigenvalue weighted by molar-refractivity contribution is 7.95. The van der Waals surface area contributed by atoms with Gasteiger partial charge in [-0.2, -0.15) is 31.8 Å². The Morgan fingerprint density at radius 1 is 0.576 bits per heavy atom. The number of aromatic nitrogens is 3. The van der Waals surface area contributed by atoms with E-state index in [0.717, 1.165) is 23.6 Å². The fraction of sp³-hybridized carbons (Fsp3) is 0. The topological polar surface area (TPSA) is 339 Å². The monoisotopic (exact) mass is 973 g/mol. The van der Waals surface area contributed by atoms with Crippen LogP contribution in [0.3, 0.4) is 0 Å². The van der Waals surface area contributed by atoms with Gasteiger partial charge in [0.1, 0.15) is 16.3 Å². The van der Waals surface area contributed by atoms with E-state index in [1.807, 2.05) is 12.1 Å². The van der Waals surface area contributed by atoms with Gasteiger partial charge in [0.25, 0.3) is 20.2 Å². The molecule has 27 heteroatoms. The van der Waals surface area contributed by atoms with Gasteiger partial charge in [-0.3, -0.25) is 9.11 Å². The van der Waals surface area contributed by atoms with Crippen LogP contribution in [0.15, 0.2) is 155 Å². The summed E-state index contributed by atoms with van der Waals surface area (Å²) in [7, 11) is -9.88. The van der Waals surface area contributed by atoms with Gasteiger partial charge in [-0.25, -0.2) is 10.5 Å². The Bertz CT molecular complexity index is 3460. The number of hydrogen-bond acceptors (Lipinski definition) is 23. The lowest BCUT2D eigenvalue weighted by molar-refractivity contribution is -0.432. The summed E-state index contributed by atoms with van der Waals surface area (Å²) in [5.41, 5.74) is -0.698. The number of nitrogens with one attached hydrogen (secondary N) is 2. The van der Waals surface area contributed by atoms with Crippen LogP contribution >= 0.6 is 24.1 Å². The van der Waals surface area contributed by atoms with Crippen molar-refractivity contribution in [2.75, 3.05) is 10.6 Å². The largest absolute Gasteiger partial charge is 0.505 e. The van der Waals surface area contributed by atoms with Gasteiger partial charge in [-0.1, -0.05) is 70.7 Å². The van der Waals surface area contributed by atoms with Crippen LogP contribution in [-0.4, -0.2) is 61.6 Å². The van der Waals surface area contributed by atoms with E-state index in [2.05, 4.69) is 64.8 Å². The van der Waals surface area contributed by atoms with E-state index in [-0.39, 0.29) is 60.7 Å². The molecule has 0 spiro atoms. The van der Waals surface area contributed by atoms with Gasteiger partial charge in [-0.15, -0.1) is 29.1 Å². The normalized spacial score (nSPS) is 12.2. The van der Waals surface area contributed by atoms with Crippen LogP contribution in [0.25, 0.3) is 32.3 Å². The van der Waals surface area contributed by atoms with Crippen molar-refractivity contribution in [3.8, 4) is 11.8 Å². The van der Waals surface area contributed by atoms with Crippen molar-refractivity contribution in [1.82, 2.24) is 15.0 Å². The van der Waals surface area contributed by atoms with Gasteiger partial charge in [0.2, 0.25) is 11.9 Å². The predicted octanol–water partition coefficient (Wildman–Crippen LogP) is 10.4. The molecule has 1 aromatic heterocycles. The first-order valence-corrected chi connectivity index (χ1v) is 22.6. The van der Waals surface area contributed by atoms with Crippen molar-refractivity contribution >= 4 is 123 Å². The average Bonchev–Trinajstić information content (AvgIpc) is 3.28. The maximum absolute atomic E-state index is 13.3. The van der Waals surface area contributed by atoms with E-state index < -0.39 is 64.8 Å². The molecule has 8 rings (SSSR count). The van der Waals surface area contributed by atoms with Gasteiger partial charge in [0, 0.05) is 21.4 Å². The third kappa shape index (κ3) is 10.1. The Hall–Kier alpha value is -6.99. The van der Waals surface area contributed by atoms with Crippen LogP contribution in [0.2, 0.25) is 0 Å². The van der Waals surface area contributed by atoms with Crippen molar-refractivity contribution in [2.24, 2.45) is 20.5 Å². The molecule has 8 N–H and O–H groups in total. The molecule has 0 atom stereocenters. The number of nitrogens with zero attached hydrogens (tertiary/aromatic N) is 7. The molecule has 0 aliphatic carbocycles. The number of phenols is 1. The first-order valence-electron chi connectivity index (χ1n) is 18.2. The molecule has 0 radical (unpaired) electrons.